The van der Waals surface area contributed by atoms with Crippen molar-refractivity contribution in [3.05, 3.63) is 34.1 Å². The molecule has 2 aromatic heterocycles. The number of aromatic carboxylic acids is 1. The molecule has 1 fully saturated rings. The number of nitrogens with zero attached hydrogens (tertiary/aromatic N) is 5. The van der Waals surface area contributed by atoms with Gasteiger partial charge in [0, 0.05) is 23.1 Å². The third-order valence-electron chi connectivity index (χ3n) is 5.10. The maximum absolute atomic E-state index is 12.9. The van der Waals surface area contributed by atoms with Gasteiger partial charge in [0.25, 0.3) is 11.8 Å². The molecule has 0 spiro atoms. The third kappa shape index (κ3) is 5.16. The molecule has 7 N–H and O–H groups in total. The van der Waals surface area contributed by atoms with Crippen molar-refractivity contribution >= 4 is 75.3 Å². The molecule has 15 nitrogen and oxygen atoms in total. The van der Waals surface area contributed by atoms with E-state index in [0.717, 1.165) is 34.2 Å². The van der Waals surface area contributed by atoms with Gasteiger partial charge in [-0.3, -0.25) is 14.5 Å². The van der Waals surface area contributed by atoms with E-state index in [1.54, 1.807) is 0 Å². The molecule has 2 atom stereocenters. The van der Waals surface area contributed by atoms with Crippen LogP contribution in [0.1, 0.15) is 16.1 Å². The van der Waals surface area contributed by atoms with Crippen LogP contribution in [-0.2, 0) is 19.2 Å². The summed E-state index contributed by atoms with van der Waals surface area (Å²) in [6.07, 6.45) is 1.07. The van der Waals surface area contributed by atoms with Gasteiger partial charge in [-0.2, -0.15) is 0 Å². The van der Waals surface area contributed by atoms with E-state index in [1.165, 1.54) is 24.3 Å². The molecule has 0 bridgehead atoms. The molecule has 2 amide bonds. The average Bonchev–Trinajstić information content (AvgIpc) is 3.29. The number of nitrogens with one attached hydrogen (secondary N) is 1. The number of thiazole rings is 1. The Morgan fingerprint density at radius 2 is 2.05 bits per heavy atom. The van der Waals surface area contributed by atoms with E-state index < -0.39 is 35.2 Å². The number of aromatic nitrogens is 3. The van der Waals surface area contributed by atoms with Gasteiger partial charge in [-0.25, -0.2) is 24.5 Å². The van der Waals surface area contributed by atoms with Gasteiger partial charge in [0.05, 0.1) is 0 Å². The smallest absolute Gasteiger partial charge is 0.352 e. The van der Waals surface area contributed by atoms with Gasteiger partial charge in [-0.1, -0.05) is 16.9 Å². The molecule has 2 aliphatic heterocycles. The lowest BCUT2D eigenvalue weighted by molar-refractivity contribution is -0.150. The second-order valence-electron chi connectivity index (χ2n) is 7.36. The van der Waals surface area contributed by atoms with Gasteiger partial charge in [0.15, 0.2) is 16.0 Å². The molecule has 194 valence electrons. The van der Waals surface area contributed by atoms with Crippen LogP contribution in [-0.4, -0.2) is 89.6 Å². The number of hydrogen-bond acceptors (Lipinski definition) is 14. The number of anilines is 2. The van der Waals surface area contributed by atoms with Gasteiger partial charge in [-0.05, 0) is 5.57 Å². The molecule has 0 unspecified atom stereocenters. The number of β-lactam (4-membered cyclic amide) rings is 1. The van der Waals surface area contributed by atoms with E-state index in [2.05, 4.69) is 25.4 Å². The number of thioether (sulfide) groups is 2. The Balaban J connectivity index is 1.48. The largest absolute Gasteiger partial charge is 0.477 e. The molecular formula is C19H18N8O7S3. The molecule has 0 saturated carbocycles. The summed E-state index contributed by atoms with van der Waals surface area (Å²) in [5, 5.41) is 26.4. The van der Waals surface area contributed by atoms with Crippen molar-refractivity contribution in [3.8, 4) is 0 Å². The van der Waals surface area contributed by atoms with Crippen LogP contribution >= 0.6 is 34.9 Å². The van der Waals surface area contributed by atoms with Gasteiger partial charge in [0.1, 0.15) is 41.3 Å². The molecule has 2 aliphatic rings. The number of carbonyl (C=O) groups excluding carboxylic acids is 2. The summed E-state index contributed by atoms with van der Waals surface area (Å²) in [6.45, 7) is 0. The number of amides is 2. The number of rotatable bonds is 9. The molecule has 1 saturated heterocycles. The Morgan fingerprint density at radius 1 is 1.30 bits per heavy atom. The summed E-state index contributed by atoms with van der Waals surface area (Å²) >= 11 is 3.42. The summed E-state index contributed by atoms with van der Waals surface area (Å²) < 4.78 is 0. The number of nitrogen functional groups attached to an aromatic ring is 2. The Hall–Kier alpha value is -3.90. The van der Waals surface area contributed by atoms with Crippen molar-refractivity contribution in [2.45, 2.75) is 16.6 Å². The number of aliphatic carboxylic acids is 1. The van der Waals surface area contributed by atoms with Crippen LogP contribution < -0.4 is 16.8 Å². The molecule has 0 aliphatic carbocycles. The second kappa shape index (κ2) is 10.6. The molecular weight excluding hydrogens is 548 g/mol. The van der Waals surface area contributed by atoms with Gasteiger partial charge >= 0.3 is 11.9 Å². The first-order chi connectivity index (χ1) is 17.6. The third-order valence-corrected chi connectivity index (χ3v) is 8.06. The number of carboxylic acids is 2. The van der Waals surface area contributed by atoms with Crippen LogP contribution in [0.4, 0.5) is 10.9 Å². The number of hydrogen-bond donors (Lipinski definition) is 5. The Morgan fingerprint density at radius 3 is 2.65 bits per heavy atom. The van der Waals surface area contributed by atoms with Crippen LogP contribution in [0.2, 0.25) is 0 Å². The molecule has 0 aromatic carbocycles. The zero-order chi connectivity index (χ0) is 26.9. The first kappa shape index (κ1) is 26.2. The fourth-order valence-electron chi connectivity index (χ4n) is 3.46. The first-order valence-corrected chi connectivity index (χ1v) is 13.1. The fourth-order valence-corrected chi connectivity index (χ4v) is 6.32. The minimum atomic E-state index is -1.31. The molecule has 4 heterocycles. The minimum absolute atomic E-state index is 0.115. The Bertz CT molecular complexity index is 1360. The fraction of sp³-hybridized carbons (Fsp3) is 0.263. The highest BCUT2D eigenvalue weighted by molar-refractivity contribution is 8.01. The van der Waals surface area contributed by atoms with Gasteiger partial charge in [-0.15, -0.1) is 23.1 Å². The summed E-state index contributed by atoms with van der Waals surface area (Å²) in [6, 6.07) is -0.995. The predicted molar refractivity (Wildman–Crippen MR) is 134 cm³/mol. The molecule has 4 rings (SSSR count). The van der Waals surface area contributed by atoms with Crippen LogP contribution in [0.5, 0.6) is 0 Å². The number of oxime groups is 1. The Labute approximate surface area is 220 Å². The van der Waals surface area contributed by atoms with Crippen LogP contribution in [0.3, 0.4) is 0 Å². The lowest BCUT2D eigenvalue weighted by Gasteiger charge is -2.49. The standard InChI is InChI=1S/C19H18N8O7S3/c1-34-26-9(8-5-36-18(21)23-8)13(28)24-10-14(29)27-11(17(32)33)6(3-35-15(10)27)4-37-19-22-2-7(16(30)31)12(20)25-19/h2,5,10,15H,3-4H2,1H3,(H2,21,23)(H,24,28)(H,30,31)(H,32,33)(H2,20,22,25)/t10-,15+/m1/s1. The maximum Gasteiger partial charge on any atom is 0.352 e. The summed E-state index contributed by atoms with van der Waals surface area (Å²) in [4.78, 5) is 66.6. The summed E-state index contributed by atoms with van der Waals surface area (Å²) in [5.74, 6) is -3.76. The molecule has 2 aromatic rings. The lowest BCUT2D eigenvalue weighted by atomic mass is 10.0. The SMILES string of the molecule is CON=C(C(=O)N[C@@H]1C(=O)N2C(C(=O)O)=C(CSc3ncc(C(=O)O)c(N)n3)CS[C@@H]12)c1csc(N)n1. The topological polar surface area (TPSA) is 236 Å². The van der Waals surface area contributed by atoms with E-state index in [0.29, 0.717) is 5.57 Å². The maximum atomic E-state index is 12.9. The molecule has 0 radical (unpaired) electrons. The van der Waals surface area contributed by atoms with Gasteiger partial charge in [0.2, 0.25) is 0 Å². The van der Waals surface area contributed by atoms with E-state index in [1.807, 2.05) is 0 Å². The van der Waals surface area contributed by atoms with E-state index >= 15 is 0 Å². The van der Waals surface area contributed by atoms with E-state index in [4.69, 9.17) is 21.4 Å². The normalized spacial score (nSPS) is 19.2. The van der Waals surface area contributed by atoms with Crippen LogP contribution in [0, 0.1) is 0 Å². The van der Waals surface area contributed by atoms with Crippen LogP contribution in [0.25, 0.3) is 0 Å². The predicted octanol–water partition coefficient (Wildman–Crippen LogP) is -0.323. The quantitative estimate of drug-likeness (QED) is 0.0860. The number of nitrogens with two attached hydrogens (primary N) is 2. The monoisotopic (exact) mass is 566 g/mol. The number of carboxylic acid groups (broad SMARTS) is 2. The first-order valence-electron chi connectivity index (χ1n) is 10.1. The molecule has 18 heteroatoms. The Kier molecular flexibility index (Phi) is 7.50. The van der Waals surface area contributed by atoms with Crippen molar-refractivity contribution in [3.63, 3.8) is 0 Å². The highest BCUT2D eigenvalue weighted by Crippen LogP contribution is 2.41. The lowest BCUT2D eigenvalue weighted by Crippen LogP contribution is -2.71. The van der Waals surface area contributed by atoms with Gasteiger partial charge < -0.3 is 31.8 Å². The highest BCUT2D eigenvalue weighted by atomic mass is 32.2. The second-order valence-corrected chi connectivity index (χ2v) is 10.3. The zero-order valence-electron chi connectivity index (χ0n) is 18.8. The van der Waals surface area contributed by atoms with Crippen molar-refractivity contribution in [1.82, 2.24) is 25.2 Å². The average molecular weight is 567 g/mol. The summed E-state index contributed by atoms with van der Waals surface area (Å²) in [7, 11) is 1.25. The van der Waals surface area contributed by atoms with Crippen molar-refractivity contribution in [2.75, 3.05) is 30.1 Å². The molecule has 37 heavy (non-hydrogen) atoms. The number of fused-ring (bicyclic) bond motifs is 1. The summed E-state index contributed by atoms with van der Waals surface area (Å²) in [5.41, 5.74) is 11.2. The minimum Gasteiger partial charge on any atom is -0.477 e. The number of carbonyl (C=O) groups is 4. The van der Waals surface area contributed by atoms with Crippen molar-refractivity contribution in [2.24, 2.45) is 5.16 Å². The highest BCUT2D eigenvalue weighted by Gasteiger charge is 2.54. The van der Waals surface area contributed by atoms with E-state index in [9.17, 15) is 24.3 Å². The zero-order valence-corrected chi connectivity index (χ0v) is 21.2. The van der Waals surface area contributed by atoms with Crippen molar-refractivity contribution in [1.29, 1.82) is 0 Å². The van der Waals surface area contributed by atoms with Crippen LogP contribution in [0.15, 0.2) is 33.2 Å². The van der Waals surface area contributed by atoms with E-state index in [-0.39, 0.29) is 50.3 Å². The van der Waals surface area contributed by atoms with Crippen molar-refractivity contribution < 1.29 is 34.2 Å².